The highest BCUT2D eigenvalue weighted by molar-refractivity contribution is 7.16. The number of fused-ring (bicyclic) bond motifs is 1. The highest BCUT2D eigenvalue weighted by Crippen LogP contribution is 2.28. The topological polar surface area (TPSA) is 69.1 Å². The van der Waals surface area contributed by atoms with Crippen molar-refractivity contribution in [2.45, 2.75) is 51.9 Å². The molecule has 0 bridgehead atoms. The molecule has 2 aromatic heterocycles. The Morgan fingerprint density at radius 3 is 2.67 bits per heavy atom. The molecule has 0 aliphatic carbocycles. The van der Waals surface area contributed by atoms with Crippen LogP contribution in [0.15, 0.2) is 0 Å². The first-order valence-corrected chi connectivity index (χ1v) is 7.18. The zero-order chi connectivity index (χ0) is 13.3. The van der Waals surface area contributed by atoms with Gasteiger partial charge in [-0.05, 0) is 19.4 Å². The standard InChI is InChI=1S/C12H21N5S/c1-8(6-5-7-13)9-16-17-10(12(2,3)4)14-15-11(17)18-9/h8H,5-7,13H2,1-4H3. The van der Waals surface area contributed by atoms with Crippen LogP contribution in [0.3, 0.4) is 0 Å². The van der Waals surface area contributed by atoms with Crippen molar-refractivity contribution >= 4 is 16.3 Å². The average molecular weight is 267 g/mol. The molecular formula is C12H21N5S. The third-order valence-electron chi connectivity index (χ3n) is 2.94. The van der Waals surface area contributed by atoms with E-state index in [0.29, 0.717) is 5.92 Å². The average Bonchev–Trinajstić information content (AvgIpc) is 2.82. The fraction of sp³-hybridized carbons (Fsp3) is 0.750. The highest BCUT2D eigenvalue weighted by Gasteiger charge is 2.24. The fourth-order valence-corrected chi connectivity index (χ4v) is 2.77. The van der Waals surface area contributed by atoms with Crippen molar-refractivity contribution in [3.63, 3.8) is 0 Å². The van der Waals surface area contributed by atoms with Crippen molar-refractivity contribution in [3.8, 4) is 0 Å². The number of nitrogens with zero attached hydrogens (tertiary/aromatic N) is 4. The molecule has 0 saturated carbocycles. The molecule has 0 fully saturated rings. The molecule has 2 rings (SSSR count). The maximum absolute atomic E-state index is 5.55. The Kier molecular flexibility index (Phi) is 3.68. The molecule has 0 aliphatic heterocycles. The lowest BCUT2D eigenvalue weighted by molar-refractivity contribution is 0.523. The van der Waals surface area contributed by atoms with Crippen LogP contribution in [0, 0.1) is 0 Å². The zero-order valence-electron chi connectivity index (χ0n) is 11.5. The molecule has 0 aromatic carbocycles. The van der Waals surface area contributed by atoms with Crippen LogP contribution < -0.4 is 5.73 Å². The largest absolute Gasteiger partial charge is 0.330 e. The lowest BCUT2D eigenvalue weighted by atomic mass is 9.96. The summed E-state index contributed by atoms with van der Waals surface area (Å²) in [5.74, 6) is 1.36. The molecule has 0 saturated heterocycles. The van der Waals surface area contributed by atoms with Crippen molar-refractivity contribution in [2.24, 2.45) is 5.73 Å². The molecule has 2 heterocycles. The Balaban J connectivity index is 2.31. The summed E-state index contributed by atoms with van der Waals surface area (Å²) in [6.07, 6.45) is 2.11. The predicted octanol–water partition coefficient (Wildman–Crippen LogP) is 2.33. The van der Waals surface area contributed by atoms with Gasteiger partial charge in [-0.3, -0.25) is 0 Å². The van der Waals surface area contributed by atoms with E-state index in [1.807, 2.05) is 4.52 Å². The maximum atomic E-state index is 5.55. The molecule has 0 amide bonds. The molecule has 1 atom stereocenters. The lowest BCUT2D eigenvalue weighted by Gasteiger charge is -2.13. The second-order valence-electron chi connectivity index (χ2n) is 5.74. The highest BCUT2D eigenvalue weighted by atomic mass is 32.1. The van der Waals surface area contributed by atoms with Gasteiger partial charge in [0.05, 0.1) is 0 Å². The molecule has 2 aromatic rings. The molecule has 1 unspecified atom stereocenters. The minimum atomic E-state index is -0.0365. The Labute approximate surface area is 111 Å². The van der Waals surface area contributed by atoms with Gasteiger partial charge in [-0.2, -0.15) is 9.61 Å². The molecule has 2 N–H and O–H groups in total. The molecule has 100 valence electrons. The summed E-state index contributed by atoms with van der Waals surface area (Å²) >= 11 is 1.63. The van der Waals surface area contributed by atoms with E-state index < -0.39 is 0 Å². The Morgan fingerprint density at radius 2 is 2.06 bits per heavy atom. The van der Waals surface area contributed by atoms with Crippen LogP contribution in [-0.2, 0) is 5.41 Å². The van der Waals surface area contributed by atoms with Crippen LogP contribution in [0.25, 0.3) is 4.96 Å². The second kappa shape index (κ2) is 4.93. The lowest BCUT2D eigenvalue weighted by Crippen LogP contribution is -2.16. The van der Waals surface area contributed by atoms with Crippen LogP contribution in [-0.4, -0.2) is 26.4 Å². The van der Waals surface area contributed by atoms with Gasteiger partial charge >= 0.3 is 0 Å². The third-order valence-corrected chi connectivity index (χ3v) is 4.07. The van der Waals surface area contributed by atoms with Gasteiger partial charge < -0.3 is 5.73 Å². The normalized spacial score (nSPS) is 14.3. The summed E-state index contributed by atoms with van der Waals surface area (Å²) < 4.78 is 1.89. The van der Waals surface area contributed by atoms with Crippen LogP contribution in [0.2, 0.25) is 0 Å². The second-order valence-corrected chi connectivity index (χ2v) is 6.73. The van der Waals surface area contributed by atoms with Crippen LogP contribution in [0.5, 0.6) is 0 Å². The maximum Gasteiger partial charge on any atom is 0.234 e. The molecule has 6 heteroatoms. The van der Waals surface area contributed by atoms with Crippen LogP contribution in [0.4, 0.5) is 0 Å². The van der Waals surface area contributed by atoms with E-state index in [4.69, 9.17) is 5.73 Å². The number of rotatable bonds is 4. The Hall–Kier alpha value is -1.01. The summed E-state index contributed by atoms with van der Waals surface area (Å²) in [5, 5.41) is 14.2. The molecule has 5 nitrogen and oxygen atoms in total. The van der Waals surface area contributed by atoms with Crippen LogP contribution >= 0.6 is 11.3 Å². The van der Waals surface area contributed by atoms with E-state index in [1.54, 1.807) is 11.3 Å². The van der Waals surface area contributed by atoms with Gasteiger partial charge in [-0.25, -0.2) is 0 Å². The van der Waals surface area contributed by atoms with Gasteiger partial charge in [-0.1, -0.05) is 39.0 Å². The Bertz CT molecular complexity index is 522. The summed E-state index contributed by atoms with van der Waals surface area (Å²) in [6, 6.07) is 0. The zero-order valence-corrected chi connectivity index (χ0v) is 12.3. The number of nitrogens with two attached hydrogens (primary N) is 1. The van der Waals surface area contributed by atoms with E-state index in [9.17, 15) is 0 Å². The van der Waals surface area contributed by atoms with Crippen molar-refractivity contribution in [1.82, 2.24) is 19.8 Å². The molecule has 18 heavy (non-hydrogen) atoms. The Morgan fingerprint density at radius 1 is 1.33 bits per heavy atom. The fourth-order valence-electron chi connectivity index (χ4n) is 1.85. The number of hydrogen-bond acceptors (Lipinski definition) is 5. The van der Waals surface area contributed by atoms with E-state index in [-0.39, 0.29) is 5.41 Å². The monoisotopic (exact) mass is 267 g/mol. The molecule has 0 spiro atoms. The van der Waals surface area contributed by atoms with Crippen molar-refractivity contribution in [3.05, 3.63) is 10.8 Å². The van der Waals surface area contributed by atoms with E-state index in [0.717, 1.165) is 35.2 Å². The van der Waals surface area contributed by atoms with Gasteiger partial charge in [-0.15, -0.1) is 10.2 Å². The van der Waals surface area contributed by atoms with E-state index in [2.05, 4.69) is 43.0 Å². The van der Waals surface area contributed by atoms with Crippen molar-refractivity contribution in [1.29, 1.82) is 0 Å². The predicted molar refractivity (Wildman–Crippen MR) is 74.1 cm³/mol. The van der Waals surface area contributed by atoms with Crippen LogP contribution in [0.1, 0.15) is 57.3 Å². The summed E-state index contributed by atoms with van der Waals surface area (Å²) in [6.45, 7) is 9.31. The van der Waals surface area contributed by atoms with E-state index in [1.165, 1.54) is 0 Å². The minimum Gasteiger partial charge on any atom is -0.330 e. The smallest absolute Gasteiger partial charge is 0.234 e. The van der Waals surface area contributed by atoms with Gasteiger partial charge in [0, 0.05) is 11.3 Å². The first-order chi connectivity index (χ1) is 8.43. The summed E-state index contributed by atoms with van der Waals surface area (Å²) in [5.41, 5.74) is 5.51. The van der Waals surface area contributed by atoms with E-state index >= 15 is 0 Å². The number of aromatic nitrogens is 4. The van der Waals surface area contributed by atoms with Gasteiger partial charge in [0.25, 0.3) is 0 Å². The first kappa shape index (κ1) is 13.4. The number of hydrogen-bond donors (Lipinski definition) is 1. The molecule has 0 aliphatic rings. The van der Waals surface area contributed by atoms with Gasteiger partial charge in [0.15, 0.2) is 5.82 Å². The summed E-state index contributed by atoms with van der Waals surface area (Å²) in [4.78, 5) is 0.884. The van der Waals surface area contributed by atoms with Crippen molar-refractivity contribution in [2.75, 3.05) is 6.54 Å². The SMILES string of the molecule is CC(CCCN)c1nn2c(C(C)(C)C)nnc2s1. The third kappa shape index (κ3) is 2.54. The minimum absolute atomic E-state index is 0.0365. The van der Waals surface area contributed by atoms with Gasteiger partial charge in [0.1, 0.15) is 5.01 Å². The van der Waals surface area contributed by atoms with Crippen molar-refractivity contribution < 1.29 is 0 Å². The molecule has 0 radical (unpaired) electrons. The first-order valence-electron chi connectivity index (χ1n) is 6.36. The summed E-state index contributed by atoms with van der Waals surface area (Å²) in [7, 11) is 0. The molecular weight excluding hydrogens is 246 g/mol. The quantitative estimate of drug-likeness (QED) is 0.923. The van der Waals surface area contributed by atoms with Gasteiger partial charge in [0.2, 0.25) is 4.96 Å².